The second kappa shape index (κ2) is 4.64. The molecule has 0 heterocycles. The molecule has 13 heavy (non-hydrogen) atoms. The highest BCUT2D eigenvalue weighted by molar-refractivity contribution is 5.36. The van der Waals surface area contributed by atoms with Crippen LogP contribution in [0.25, 0.3) is 0 Å². The van der Waals surface area contributed by atoms with Crippen LogP contribution < -0.4 is 0 Å². The summed E-state index contributed by atoms with van der Waals surface area (Å²) >= 11 is 0. The van der Waals surface area contributed by atoms with Crippen LogP contribution in [-0.2, 0) is 0 Å². The van der Waals surface area contributed by atoms with Crippen LogP contribution in [0, 0.1) is 5.92 Å². The molecule has 1 atom stereocenters. The van der Waals surface area contributed by atoms with E-state index in [1.165, 1.54) is 25.7 Å². The zero-order valence-electron chi connectivity index (χ0n) is 9.48. The second-order valence-corrected chi connectivity index (χ2v) is 4.20. The Morgan fingerprint density at radius 2 is 2.00 bits per heavy atom. The molecule has 0 saturated heterocycles. The fraction of sp³-hybridized carbons (Fsp3) is 0.692. The maximum absolute atomic E-state index is 2.51. The first kappa shape index (κ1) is 10.6. The van der Waals surface area contributed by atoms with Gasteiger partial charge in [0.25, 0.3) is 0 Å². The van der Waals surface area contributed by atoms with Gasteiger partial charge < -0.3 is 0 Å². The van der Waals surface area contributed by atoms with Crippen molar-refractivity contribution in [1.82, 2.24) is 0 Å². The van der Waals surface area contributed by atoms with Crippen LogP contribution in [-0.4, -0.2) is 0 Å². The molecule has 74 valence electrons. The third-order valence-corrected chi connectivity index (χ3v) is 3.17. The fourth-order valence-corrected chi connectivity index (χ4v) is 2.23. The Kier molecular flexibility index (Phi) is 3.77. The third-order valence-electron chi connectivity index (χ3n) is 3.17. The summed E-state index contributed by atoms with van der Waals surface area (Å²) in [5, 5.41) is 0. The van der Waals surface area contributed by atoms with Gasteiger partial charge >= 0.3 is 0 Å². The summed E-state index contributed by atoms with van der Waals surface area (Å²) < 4.78 is 0. The van der Waals surface area contributed by atoms with Crippen LogP contribution in [0.4, 0.5) is 0 Å². The minimum atomic E-state index is 0.823. The molecular weight excluding hydrogens is 156 g/mol. The molecule has 0 aromatic heterocycles. The number of rotatable bonds is 3. The van der Waals surface area contributed by atoms with E-state index in [0.29, 0.717) is 0 Å². The van der Waals surface area contributed by atoms with Crippen molar-refractivity contribution in [2.45, 2.75) is 53.4 Å². The van der Waals surface area contributed by atoms with Crippen molar-refractivity contribution in [3.63, 3.8) is 0 Å². The highest BCUT2D eigenvalue weighted by Crippen LogP contribution is 2.32. The minimum Gasteiger partial charge on any atom is -0.0776 e. The summed E-state index contributed by atoms with van der Waals surface area (Å²) in [6.07, 6.45) is 7.66. The Balaban J connectivity index is 2.76. The summed E-state index contributed by atoms with van der Waals surface area (Å²) in [6.45, 7) is 9.10. The van der Waals surface area contributed by atoms with Crippen molar-refractivity contribution >= 4 is 0 Å². The molecule has 1 unspecified atom stereocenters. The first-order valence-electron chi connectivity index (χ1n) is 5.56. The summed E-state index contributed by atoms with van der Waals surface area (Å²) in [5.74, 6) is 0.823. The van der Waals surface area contributed by atoms with E-state index in [9.17, 15) is 0 Å². The highest BCUT2D eigenvalue weighted by Gasteiger charge is 2.15. The van der Waals surface area contributed by atoms with Gasteiger partial charge in [0.05, 0.1) is 0 Å². The van der Waals surface area contributed by atoms with Crippen LogP contribution in [0.1, 0.15) is 53.4 Å². The Bertz CT molecular complexity index is 230. The molecule has 0 spiro atoms. The molecule has 1 aliphatic carbocycles. The topological polar surface area (TPSA) is 0 Å². The predicted octanol–water partition coefficient (Wildman–Crippen LogP) is 4.48. The zero-order chi connectivity index (χ0) is 9.84. The monoisotopic (exact) mass is 178 g/mol. The van der Waals surface area contributed by atoms with Crippen LogP contribution in [0.3, 0.4) is 0 Å². The molecule has 1 rings (SSSR count). The number of allylic oxidation sites excluding steroid dienone is 4. The molecule has 0 aliphatic heterocycles. The van der Waals surface area contributed by atoms with Gasteiger partial charge in [-0.3, -0.25) is 0 Å². The molecule has 0 N–H and O–H groups in total. The summed E-state index contributed by atoms with van der Waals surface area (Å²) in [4.78, 5) is 0. The fourth-order valence-electron chi connectivity index (χ4n) is 2.23. The predicted molar refractivity (Wildman–Crippen MR) is 59.8 cm³/mol. The lowest BCUT2D eigenvalue weighted by atomic mass is 9.83. The van der Waals surface area contributed by atoms with Crippen molar-refractivity contribution in [1.29, 1.82) is 0 Å². The molecule has 0 aromatic rings. The Labute approximate surface area is 82.7 Å². The van der Waals surface area contributed by atoms with Gasteiger partial charge in [-0.25, -0.2) is 0 Å². The third kappa shape index (κ3) is 2.46. The van der Waals surface area contributed by atoms with Gasteiger partial charge in [0.2, 0.25) is 0 Å². The van der Waals surface area contributed by atoms with Gasteiger partial charge in [-0.1, -0.05) is 31.9 Å². The van der Waals surface area contributed by atoms with E-state index in [1.54, 1.807) is 16.7 Å². The van der Waals surface area contributed by atoms with Gasteiger partial charge in [0.15, 0.2) is 0 Å². The standard InChI is InChI=1S/C13H22/c1-5-7-12-8-10(3)11(4)13(6-2)9-12/h9,12H,5-8H2,1-4H3. The molecule has 0 saturated carbocycles. The van der Waals surface area contributed by atoms with Crippen LogP contribution in [0.2, 0.25) is 0 Å². The molecule has 0 heteroatoms. The van der Waals surface area contributed by atoms with Crippen LogP contribution in [0.15, 0.2) is 22.8 Å². The van der Waals surface area contributed by atoms with Gasteiger partial charge in [-0.15, -0.1) is 0 Å². The lowest BCUT2D eigenvalue weighted by Crippen LogP contribution is -2.06. The molecule has 0 nitrogen and oxygen atoms in total. The van der Waals surface area contributed by atoms with E-state index >= 15 is 0 Å². The molecule has 0 bridgehead atoms. The lowest BCUT2D eigenvalue weighted by molar-refractivity contribution is 0.560. The van der Waals surface area contributed by atoms with Gasteiger partial charge in [0.1, 0.15) is 0 Å². The first-order valence-corrected chi connectivity index (χ1v) is 5.56. The first-order chi connectivity index (χ1) is 6.19. The number of hydrogen-bond donors (Lipinski definition) is 0. The van der Waals surface area contributed by atoms with E-state index in [2.05, 4.69) is 33.8 Å². The number of hydrogen-bond acceptors (Lipinski definition) is 0. The van der Waals surface area contributed by atoms with Crippen molar-refractivity contribution in [2.24, 2.45) is 5.92 Å². The van der Waals surface area contributed by atoms with Gasteiger partial charge in [-0.2, -0.15) is 0 Å². The Morgan fingerprint density at radius 1 is 1.31 bits per heavy atom. The SMILES string of the molecule is CCCC1C=C(CC)C(C)=C(C)C1. The molecule has 1 aliphatic rings. The van der Waals surface area contributed by atoms with Crippen molar-refractivity contribution < 1.29 is 0 Å². The zero-order valence-corrected chi connectivity index (χ0v) is 9.48. The van der Waals surface area contributed by atoms with Crippen LogP contribution in [0.5, 0.6) is 0 Å². The summed E-state index contributed by atoms with van der Waals surface area (Å²) in [6, 6.07) is 0. The average molecular weight is 178 g/mol. The Morgan fingerprint density at radius 3 is 2.54 bits per heavy atom. The molecule has 0 radical (unpaired) electrons. The molecular formula is C13H22. The van der Waals surface area contributed by atoms with E-state index in [4.69, 9.17) is 0 Å². The Hall–Kier alpha value is -0.520. The molecule has 0 amide bonds. The normalized spacial score (nSPS) is 23.4. The second-order valence-electron chi connectivity index (χ2n) is 4.20. The summed E-state index contributed by atoms with van der Waals surface area (Å²) in [5.41, 5.74) is 4.75. The van der Waals surface area contributed by atoms with E-state index in [1.807, 2.05) is 0 Å². The van der Waals surface area contributed by atoms with Gasteiger partial charge in [0, 0.05) is 0 Å². The van der Waals surface area contributed by atoms with Gasteiger partial charge in [-0.05, 0) is 50.2 Å². The lowest BCUT2D eigenvalue weighted by Gasteiger charge is -2.23. The average Bonchev–Trinajstić information content (AvgIpc) is 2.11. The quantitative estimate of drug-likeness (QED) is 0.597. The van der Waals surface area contributed by atoms with E-state index in [0.717, 1.165) is 5.92 Å². The molecule has 0 fully saturated rings. The highest BCUT2D eigenvalue weighted by atomic mass is 14.2. The smallest absolute Gasteiger partial charge is 0.0190 e. The van der Waals surface area contributed by atoms with Crippen LogP contribution >= 0.6 is 0 Å². The van der Waals surface area contributed by atoms with E-state index < -0.39 is 0 Å². The minimum absolute atomic E-state index is 0.823. The van der Waals surface area contributed by atoms with Crippen molar-refractivity contribution in [2.75, 3.05) is 0 Å². The maximum atomic E-state index is 2.51. The van der Waals surface area contributed by atoms with Crippen molar-refractivity contribution in [3.8, 4) is 0 Å². The molecule has 0 aromatic carbocycles. The largest absolute Gasteiger partial charge is 0.0776 e. The van der Waals surface area contributed by atoms with E-state index in [-0.39, 0.29) is 0 Å². The van der Waals surface area contributed by atoms with Crippen molar-refractivity contribution in [3.05, 3.63) is 22.8 Å². The maximum Gasteiger partial charge on any atom is -0.0190 e. The summed E-state index contributed by atoms with van der Waals surface area (Å²) in [7, 11) is 0.